The molecule has 0 heterocycles. The minimum atomic E-state index is -0.367. The van der Waals surface area contributed by atoms with E-state index in [2.05, 4.69) is 24.4 Å². The molecule has 2 aromatic carbocycles. The largest absolute Gasteiger partial charge is 0.490 e. The molecule has 0 saturated heterocycles. The Bertz CT molecular complexity index is 775. The van der Waals surface area contributed by atoms with Gasteiger partial charge in [-0.2, -0.15) is 5.10 Å². The van der Waals surface area contributed by atoms with Crippen LogP contribution in [0.3, 0.4) is 0 Å². The van der Waals surface area contributed by atoms with Crippen molar-refractivity contribution in [3.63, 3.8) is 0 Å². The van der Waals surface area contributed by atoms with Crippen LogP contribution in [0.1, 0.15) is 36.7 Å². The molecule has 1 N–H and O–H groups in total. The van der Waals surface area contributed by atoms with E-state index >= 15 is 0 Å². The third-order valence-electron chi connectivity index (χ3n) is 3.34. The SMILES string of the molecule is CCOc1cc(/C=N\NC(=O)c2ccccc2Cl)ccc1OCC(C)C. The summed E-state index contributed by atoms with van der Waals surface area (Å²) in [5.41, 5.74) is 3.62. The van der Waals surface area contributed by atoms with Gasteiger partial charge in [-0.1, -0.05) is 37.6 Å². The van der Waals surface area contributed by atoms with Gasteiger partial charge in [-0.05, 0) is 48.7 Å². The summed E-state index contributed by atoms with van der Waals surface area (Å²) < 4.78 is 11.4. The van der Waals surface area contributed by atoms with Gasteiger partial charge in [-0.25, -0.2) is 5.43 Å². The quantitative estimate of drug-likeness (QED) is 0.545. The fourth-order valence-corrected chi connectivity index (χ4v) is 2.34. The molecule has 0 aromatic heterocycles. The first-order chi connectivity index (χ1) is 12.5. The van der Waals surface area contributed by atoms with Gasteiger partial charge < -0.3 is 9.47 Å². The lowest BCUT2D eigenvalue weighted by atomic mass is 10.2. The Kier molecular flexibility index (Phi) is 7.48. The normalized spacial score (nSPS) is 11.0. The van der Waals surface area contributed by atoms with E-state index in [1.165, 1.54) is 0 Å². The summed E-state index contributed by atoms with van der Waals surface area (Å²) in [5.74, 6) is 1.40. The zero-order valence-electron chi connectivity index (χ0n) is 15.2. The molecule has 2 rings (SSSR count). The van der Waals surface area contributed by atoms with Crippen molar-refractivity contribution in [2.75, 3.05) is 13.2 Å². The van der Waals surface area contributed by atoms with E-state index in [4.69, 9.17) is 21.1 Å². The molecule has 5 nitrogen and oxygen atoms in total. The first-order valence-electron chi connectivity index (χ1n) is 8.48. The highest BCUT2D eigenvalue weighted by atomic mass is 35.5. The number of nitrogens with one attached hydrogen (secondary N) is 1. The summed E-state index contributed by atoms with van der Waals surface area (Å²) in [4.78, 5) is 12.1. The van der Waals surface area contributed by atoms with E-state index in [0.29, 0.717) is 41.2 Å². The molecule has 0 atom stereocenters. The molecule has 0 bridgehead atoms. The highest BCUT2D eigenvalue weighted by Gasteiger charge is 2.09. The van der Waals surface area contributed by atoms with Crippen molar-refractivity contribution < 1.29 is 14.3 Å². The van der Waals surface area contributed by atoms with Crippen molar-refractivity contribution in [3.05, 3.63) is 58.6 Å². The van der Waals surface area contributed by atoms with Crippen LogP contribution in [-0.2, 0) is 0 Å². The summed E-state index contributed by atoms with van der Waals surface area (Å²) in [7, 11) is 0. The first kappa shape index (κ1) is 19.8. The molecule has 0 radical (unpaired) electrons. The zero-order valence-corrected chi connectivity index (χ0v) is 15.9. The standard InChI is InChI=1S/C20H23ClN2O3/c1-4-25-19-11-15(9-10-18(19)26-13-14(2)3)12-22-23-20(24)16-7-5-6-8-17(16)21/h5-12,14H,4,13H2,1-3H3,(H,23,24)/b22-12-. The van der Waals surface area contributed by atoms with Gasteiger partial charge in [0.25, 0.3) is 5.91 Å². The topological polar surface area (TPSA) is 59.9 Å². The van der Waals surface area contributed by atoms with Crippen LogP contribution in [-0.4, -0.2) is 25.3 Å². The summed E-state index contributed by atoms with van der Waals surface area (Å²) >= 11 is 6.00. The number of hydrogen-bond acceptors (Lipinski definition) is 4. The predicted molar refractivity (Wildman–Crippen MR) is 104 cm³/mol. The number of benzene rings is 2. The number of nitrogens with zero attached hydrogens (tertiary/aromatic N) is 1. The van der Waals surface area contributed by atoms with Crippen molar-refractivity contribution >= 4 is 23.7 Å². The lowest BCUT2D eigenvalue weighted by molar-refractivity contribution is 0.0955. The maximum absolute atomic E-state index is 12.1. The van der Waals surface area contributed by atoms with Gasteiger partial charge in [0.15, 0.2) is 11.5 Å². The molecule has 0 unspecified atom stereocenters. The van der Waals surface area contributed by atoms with E-state index in [0.717, 1.165) is 5.56 Å². The van der Waals surface area contributed by atoms with Gasteiger partial charge in [0, 0.05) is 0 Å². The van der Waals surface area contributed by atoms with Crippen LogP contribution < -0.4 is 14.9 Å². The summed E-state index contributed by atoms with van der Waals surface area (Å²) in [6.07, 6.45) is 1.55. The van der Waals surface area contributed by atoms with Crippen LogP contribution in [0, 0.1) is 5.92 Å². The van der Waals surface area contributed by atoms with Gasteiger partial charge in [0.2, 0.25) is 0 Å². The third kappa shape index (κ3) is 5.77. The highest BCUT2D eigenvalue weighted by molar-refractivity contribution is 6.33. The molecule has 1 amide bonds. The van der Waals surface area contributed by atoms with Crippen molar-refractivity contribution in [2.24, 2.45) is 11.0 Å². The molecule has 138 valence electrons. The van der Waals surface area contributed by atoms with E-state index in [9.17, 15) is 4.79 Å². The van der Waals surface area contributed by atoms with Crippen LogP contribution >= 0.6 is 11.6 Å². The van der Waals surface area contributed by atoms with E-state index in [-0.39, 0.29) is 5.91 Å². The molecule has 0 aliphatic heterocycles. The second-order valence-electron chi connectivity index (χ2n) is 6.02. The second kappa shape index (κ2) is 9.82. The average molecular weight is 375 g/mol. The van der Waals surface area contributed by atoms with Gasteiger partial charge in [0.05, 0.1) is 30.0 Å². The Morgan fingerprint density at radius 1 is 1.19 bits per heavy atom. The van der Waals surface area contributed by atoms with Gasteiger partial charge in [0.1, 0.15) is 0 Å². The Labute approximate surface area is 159 Å². The van der Waals surface area contributed by atoms with Crippen LogP contribution in [0.25, 0.3) is 0 Å². The highest BCUT2D eigenvalue weighted by Crippen LogP contribution is 2.28. The number of carbonyl (C=O) groups excluding carboxylic acids is 1. The molecule has 26 heavy (non-hydrogen) atoms. The fraction of sp³-hybridized carbons (Fsp3) is 0.300. The van der Waals surface area contributed by atoms with E-state index < -0.39 is 0 Å². The Hall–Kier alpha value is -2.53. The van der Waals surface area contributed by atoms with E-state index in [1.54, 1.807) is 30.5 Å². The molecule has 6 heteroatoms. The van der Waals surface area contributed by atoms with Crippen molar-refractivity contribution in [1.82, 2.24) is 5.43 Å². The van der Waals surface area contributed by atoms with Gasteiger partial charge >= 0.3 is 0 Å². The van der Waals surface area contributed by atoms with Crippen LogP contribution in [0.5, 0.6) is 11.5 Å². The molecule has 0 aliphatic rings. The second-order valence-corrected chi connectivity index (χ2v) is 6.43. The van der Waals surface area contributed by atoms with Crippen molar-refractivity contribution in [3.8, 4) is 11.5 Å². The number of amides is 1. The molecule has 0 fully saturated rings. The summed E-state index contributed by atoms with van der Waals surface area (Å²) in [6.45, 7) is 7.23. The number of hydrazone groups is 1. The van der Waals surface area contributed by atoms with Crippen LogP contribution in [0.4, 0.5) is 0 Å². The Balaban J connectivity index is 2.06. The summed E-state index contributed by atoms with van der Waals surface area (Å²) in [5, 5.41) is 4.36. The molecular weight excluding hydrogens is 352 g/mol. The average Bonchev–Trinajstić information content (AvgIpc) is 2.61. The monoisotopic (exact) mass is 374 g/mol. The van der Waals surface area contributed by atoms with Crippen LogP contribution in [0.15, 0.2) is 47.6 Å². The minimum Gasteiger partial charge on any atom is -0.490 e. The molecule has 0 aliphatic carbocycles. The molecular formula is C20H23ClN2O3. The zero-order chi connectivity index (χ0) is 18.9. The minimum absolute atomic E-state index is 0.367. The van der Waals surface area contributed by atoms with Gasteiger partial charge in [-0.15, -0.1) is 0 Å². The Morgan fingerprint density at radius 2 is 1.96 bits per heavy atom. The lowest BCUT2D eigenvalue weighted by Crippen LogP contribution is -2.17. The number of ether oxygens (including phenoxy) is 2. The number of hydrogen-bond donors (Lipinski definition) is 1. The fourth-order valence-electron chi connectivity index (χ4n) is 2.12. The smallest absolute Gasteiger partial charge is 0.272 e. The molecule has 0 spiro atoms. The van der Waals surface area contributed by atoms with E-state index in [1.807, 2.05) is 25.1 Å². The third-order valence-corrected chi connectivity index (χ3v) is 3.67. The number of carbonyl (C=O) groups is 1. The number of rotatable bonds is 8. The maximum Gasteiger partial charge on any atom is 0.272 e. The summed E-state index contributed by atoms with van der Waals surface area (Å²) in [6, 6.07) is 12.3. The molecule has 2 aromatic rings. The Morgan fingerprint density at radius 3 is 2.65 bits per heavy atom. The predicted octanol–water partition coefficient (Wildman–Crippen LogP) is 4.54. The van der Waals surface area contributed by atoms with Gasteiger partial charge in [-0.3, -0.25) is 4.79 Å². The number of halogens is 1. The van der Waals surface area contributed by atoms with Crippen molar-refractivity contribution in [1.29, 1.82) is 0 Å². The molecule has 0 saturated carbocycles. The van der Waals surface area contributed by atoms with Crippen LogP contribution in [0.2, 0.25) is 5.02 Å². The lowest BCUT2D eigenvalue weighted by Gasteiger charge is -2.13. The van der Waals surface area contributed by atoms with Crippen molar-refractivity contribution in [2.45, 2.75) is 20.8 Å². The first-order valence-corrected chi connectivity index (χ1v) is 8.86. The maximum atomic E-state index is 12.1.